The Hall–Kier alpha value is -2.31. The predicted molar refractivity (Wildman–Crippen MR) is 99.9 cm³/mol. The Morgan fingerprint density at radius 1 is 1.39 bits per heavy atom. The SMILES string of the molecule is CN1CC[C@@H](Nc2cccn3c(CC(F)(F)F)c(C#CCCN)nc23)[C@@H](F)C1. The Morgan fingerprint density at radius 2 is 2.18 bits per heavy atom. The number of anilines is 1. The lowest BCUT2D eigenvalue weighted by atomic mass is 10.0. The highest BCUT2D eigenvalue weighted by Gasteiger charge is 2.32. The third-order valence-corrected chi connectivity index (χ3v) is 4.68. The summed E-state index contributed by atoms with van der Waals surface area (Å²) in [7, 11) is 1.85. The van der Waals surface area contributed by atoms with Crippen molar-refractivity contribution >= 4 is 11.3 Å². The Balaban J connectivity index is 1.99. The largest absolute Gasteiger partial charge is 0.394 e. The van der Waals surface area contributed by atoms with Gasteiger partial charge in [0.2, 0.25) is 0 Å². The van der Waals surface area contributed by atoms with Crippen molar-refractivity contribution in [2.45, 2.75) is 37.7 Å². The van der Waals surface area contributed by atoms with E-state index in [0.29, 0.717) is 37.3 Å². The number of fused-ring (bicyclic) bond motifs is 1. The molecular formula is C19H23F4N5. The molecule has 1 fully saturated rings. The fourth-order valence-electron chi connectivity index (χ4n) is 3.33. The lowest BCUT2D eigenvalue weighted by Gasteiger charge is -2.33. The summed E-state index contributed by atoms with van der Waals surface area (Å²) in [6, 6.07) is 2.90. The van der Waals surface area contributed by atoms with Gasteiger partial charge >= 0.3 is 6.18 Å². The number of alkyl halides is 4. The molecule has 2 aromatic heterocycles. The van der Waals surface area contributed by atoms with Crippen molar-refractivity contribution in [1.82, 2.24) is 14.3 Å². The van der Waals surface area contributed by atoms with Gasteiger partial charge in [-0.2, -0.15) is 13.2 Å². The first-order chi connectivity index (χ1) is 13.3. The van der Waals surface area contributed by atoms with Crippen LogP contribution in [0, 0.1) is 11.8 Å². The van der Waals surface area contributed by atoms with E-state index in [4.69, 9.17) is 5.73 Å². The first-order valence-electron chi connectivity index (χ1n) is 9.13. The van der Waals surface area contributed by atoms with Crippen molar-refractivity contribution in [3.05, 3.63) is 29.7 Å². The van der Waals surface area contributed by atoms with Crippen LogP contribution in [-0.2, 0) is 6.42 Å². The molecule has 2 atom stereocenters. The fraction of sp³-hybridized carbons (Fsp3) is 0.526. The van der Waals surface area contributed by atoms with Crippen molar-refractivity contribution in [1.29, 1.82) is 0 Å². The molecule has 9 heteroatoms. The summed E-state index contributed by atoms with van der Waals surface area (Å²) in [4.78, 5) is 6.24. The van der Waals surface area contributed by atoms with Crippen LogP contribution in [0.15, 0.2) is 18.3 Å². The highest BCUT2D eigenvalue weighted by Crippen LogP contribution is 2.28. The summed E-state index contributed by atoms with van der Waals surface area (Å²) >= 11 is 0. The molecule has 0 bridgehead atoms. The summed E-state index contributed by atoms with van der Waals surface area (Å²) in [5.74, 6) is 5.45. The second-order valence-electron chi connectivity index (χ2n) is 6.97. The molecule has 2 aromatic rings. The van der Waals surface area contributed by atoms with Gasteiger partial charge in [-0.15, -0.1) is 0 Å². The molecule has 0 aromatic carbocycles. The van der Waals surface area contributed by atoms with E-state index in [1.807, 2.05) is 11.9 Å². The average Bonchev–Trinajstić information content (AvgIpc) is 2.95. The lowest BCUT2D eigenvalue weighted by Crippen LogP contribution is -2.46. The molecule has 3 rings (SSSR count). The lowest BCUT2D eigenvalue weighted by molar-refractivity contribution is -0.128. The topological polar surface area (TPSA) is 58.6 Å². The molecule has 1 aliphatic rings. The van der Waals surface area contributed by atoms with Gasteiger partial charge in [-0.3, -0.25) is 0 Å². The number of imidazole rings is 1. The number of nitrogens with two attached hydrogens (primary N) is 1. The van der Waals surface area contributed by atoms with Gasteiger partial charge in [-0.25, -0.2) is 9.37 Å². The van der Waals surface area contributed by atoms with Gasteiger partial charge in [-0.1, -0.05) is 5.92 Å². The molecule has 0 radical (unpaired) electrons. The van der Waals surface area contributed by atoms with Crippen LogP contribution in [0.3, 0.4) is 0 Å². The molecule has 1 saturated heterocycles. The molecule has 28 heavy (non-hydrogen) atoms. The minimum atomic E-state index is -4.40. The molecule has 1 aliphatic heterocycles. The van der Waals surface area contributed by atoms with Crippen LogP contribution < -0.4 is 11.1 Å². The summed E-state index contributed by atoms with van der Waals surface area (Å²) in [6.07, 6.45) is -4.15. The van der Waals surface area contributed by atoms with Crippen LogP contribution in [-0.4, -0.2) is 59.4 Å². The summed E-state index contributed by atoms with van der Waals surface area (Å²) in [5.41, 5.74) is 6.25. The van der Waals surface area contributed by atoms with Gasteiger partial charge < -0.3 is 20.4 Å². The molecule has 152 valence electrons. The minimum Gasteiger partial charge on any atom is -0.376 e. The number of nitrogens with zero attached hydrogens (tertiary/aromatic N) is 3. The van der Waals surface area contributed by atoms with Gasteiger partial charge in [0, 0.05) is 32.3 Å². The number of hydrogen-bond acceptors (Lipinski definition) is 4. The maximum atomic E-state index is 14.4. The first kappa shape index (κ1) is 20.4. The Labute approximate surface area is 160 Å². The molecule has 0 amide bonds. The Morgan fingerprint density at radius 3 is 2.86 bits per heavy atom. The summed E-state index contributed by atoms with van der Waals surface area (Å²) in [6.45, 7) is 1.37. The van der Waals surface area contributed by atoms with E-state index in [0.717, 1.165) is 6.54 Å². The molecular weight excluding hydrogens is 374 g/mol. The third-order valence-electron chi connectivity index (χ3n) is 4.68. The highest BCUT2D eigenvalue weighted by molar-refractivity contribution is 5.70. The minimum absolute atomic E-state index is 0.0316. The van der Waals surface area contributed by atoms with E-state index in [9.17, 15) is 17.6 Å². The number of pyridine rings is 1. The molecule has 5 nitrogen and oxygen atoms in total. The number of hydrogen-bond donors (Lipinski definition) is 2. The van der Waals surface area contributed by atoms with Gasteiger partial charge in [0.1, 0.15) is 11.9 Å². The monoisotopic (exact) mass is 397 g/mol. The van der Waals surface area contributed by atoms with E-state index >= 15 is 0 Å². The Kier molecular flexibility index (Phi) is 6.10. The van der Waals surface area contributed by atoms with E-state index in [1.165, 1.54) is 10.6 Å². The van der Waals surface area contributed by atoms with Crippen LogP contribution in [0.2, 0.25) is 0 Å². The zero-order valence-electron chi connectivity index (χ0n) is 15.6. The summed E-state index contributed by atoms with van der Waals surface area (Å²) < 4.78 is 55.1. The molecule has 0 saturated carbocycles. The number of likely N-dealkylation sites (tertiary alicyclic amines) is 1. The van der Waals surface area contributed by atoms with Crippen molar-refractivity contribution in [3.8, 4) is 11.8 Å². The number of aromatic nitrogens is 2. The third kappa shape index (κ3) is 4.75. The van der Waals surface area contributed by atoms with E-state index in [-0.39, 0.29) is 11.4 Å². The standard InChI is InChI=1S/C19H23F4N5/c1-27-10-7-14(13(20)12-27)25-16-6-4-9-28-17(11-19(21,22)23)15(26-18(16)28)5-2-3-8-24/h4,6,9,13-14,25H,3,7-8,10-12,24H2,1H3/t13-,14+/m0/s1. The smallest absolute Gasteiger partial charge is 0.376 e. The van der Waals surface area contributed by atoms with Gasteiger partial charge in [0.05, 0.1) is 23.8 Å². The highest BCUT2D eigenvalue weighted by atomic mass is 19.4. The van der Waals surface area contributed by atoms with E-state index in [1.54, 1.807) is 12.1 Å². The molecule has 3 heterocycles. The van der Waals surface area contributed by atoms with Crippen LogP contribution in [0.25, 0.3) is 5.65 Å². The molecule has 0 spiro atoms. The van der Waals surface area contributed by atoms with E-state index < -0.39 is 24.8 Å². The van der Waals surface area contributed by atoms with Crippen LogP contribution in [0.4, 0.5) is 23.2 Å². The van der Waals surface area contributed by atoms with Crippen molar-refractivity contribution in [3.63, 3.8) is 0 Å². The second-order valence-corrected chi connectivity index (χ2v) is 6.97. The zero-order chi connectivity index (χ0) is 20.3. The number of rotatable bonds is 4. The molecule has 0 unspecified atom stereocenters. The normalized spacial score (nSPS) is 20.8. The van der Waals surface area contributed by atoms with Crippen molar-refractivity contribution in [2.24, 2.45) is 5.73 Å². The quantitative estimate of drug-likeness (QED) is 0.615. The van der Waals surface area contributed by atoms with E-state index in [2.05, 4.69) is 22.1 Å². The molecule has 0 aliphatic carbocycles. The average molecular weight is 397 g/mol. The second kappa shape index (κ2) is 8.37. The zero-order valence-corrected chi connectivity index (χ0v) is 15.6. The van der Waals surface area contributed by atoms with Gasteiger partial charge in [0.25, 0.3) is 0 Å². The maximum Gasteiger partial charge on any atom is 0.394 e. The van der Waals surface area contributed by atoms with Crippen molar-refractivity contribution < 1.29 is 17.6 Å². The predicted octanol–water partition coefficient (Wildman–Crippen LogP) is 2.59. The number of nitrogens with one attached hydrogen (secondary N) is 1. The number of piperidine rings is 1. The van der Waals surface area contributed by atoms with Gasteiger partial charge in [-0.05, 0) is 31.5 Å². The van der Waals surface area contributed by atoms with Crippen LogP contribution >= 0.6 is 0 Å². The maximum absolute atomic E-state index is 14.4. The van der Waals surface area contributed by atoms with Crippen LogP contribution in [0.5, 0.6) is 0 Å². The molecule has 3 N–H and O–H groups in total. The van der Waals surface area contributed by atoms with Crippen LogP contribution in [0.1, 0.15) is 24.2 Å². The number of halogens is 4. The Bertz CT molecular complexity index is 880. The fourth-order valence-corrected chi connectivity index (χ4v) is 3.33. The van der Waals surface area contributed by atoms with Gasteiger partial charge in [0.15, 0.2) is 5.65 Å². The first-order valence-corrected chi connectivity index (χ1v) is 9.13. The summed E-state index contributed by atoms with van der Waals surface area (Å²) in [5, 5.41) is 3.13. The van der Waals surface area contributed by atoms with Crippen molar-refractivity contribution in [2.75, 3.05) is 32.0 Å².